The molecule has 0 aliphatic rings. The van der Waals surface area contributed by atoms with Crippen molar-refractivity contribution < 1.29 is 31.2 Å². The number of hydrogen-bond donors (Lipinski definition) is 1. The molecule has 0 saturated heterocycles. The van der Waals surface area contributed by atoms with Crippen molar-refractivity contribution in [3.05, 3.63) is 129 Å². The van der Waals surface area contributed by atoms with E-state index in [0.717, 1.165) is 23.3 Å². The molecule has 0 heterocycles. The number of amides is 2. The van der Waals surface area contributed by atoms with Crippen molar-refractivity contribution in [1.82, 2.24) is 10.2 Å². The number of benzene rings is 4. The molecule has 0 fully saturated rings. The summed E-state index contributed by atoms with van der Waals surface area (Å²) in [6.45, 7) is 2.67. The summed E-state index contributed by atoms with van der Waals surface area (Å²) < 4.78 is 70.5. The Labute approximate surface area is 282 Å². The predicted octanol–water partition coefficient (Wildman–Crippen LogP) is 7.29. The first kappa shape index (κ1) is 35.8. The Balaban J connectivity index is 1.85. The largest absolute Gasteiger partial charge is 0.417 e. The van der Waals surface area contributed by atoms with Crippen LogP contribution >= 0.6 is 23.2 Å². The predicted molar refractivity (Wildman–Crippen MR) is 177 cm³/mol. The summed E-state index contributed by atoms with van der Waals surface area (Å²) in [4.78, 5) is 28.9. The molecule has 1 atom stereocenters. The van der Waals surface area contributed by atoms with Gasteiger partial charge in [-0.05, 0) is 67.4 Å². The molecule has 4 rings (SSSR count). The number of halogens is 5. The van der Waals surface area contributed by atoms with E-state index in [2.05, 4.69) is 5.32 Å². The molecule has 4 aromatic carbocycles. The van der Waals surface area contributed by atoms with Gasteiger partial charge in [0.1, 0.15) is 12.6 Å². The molecule has 4 aromatic rings. The minimum Gasteiger partial charge on any atom is -0.355 e. The standard InChI is InChI=1S/C34H32Cl2F3N3O4S/c1-3-40-33(44)31(19-24-7-5-4-6-8-24)41(21-25-11-13-26(35)14-12-25)32(43)22-42(47(45,46)28-16-9-23(2)10-17-28)27-15-18-30(36)29(20-27)34(37,38)39/h4-18,20,31H,3,19,21-22H2,1-2H3,(H,40,44). The number of nitrogens with zero attached hydrogens (tertiary/aromatic N) is 2. The fourth-order valence-corrected chi connectivity index (χ4v) is 6.64. The number of alkyl halides is 3. The van der Waals surface area contributed by atoms with E-state index in [1.54, 1.807) is 68.4 Å². The second kappa shape index (κ2) is 15.2. The van der Waals surface area contributed by atoms with Crippen LogP contribution < -0.4 is 9.62 Å². The van der Waals surface area contributed by atoms with Crippen molar-refractivity contribution in [3.8, 4) is 0 Å². The lowest BCUT2D eigenvalue weighted by atomic mass is 10.0. The molecule has 0 saturated carbocycles. The second-order valence-electron chi connectivity index (χ2n) is 10.7. The summed E-state index contributed by atoms with van der Waals surface area (Å²) in [5, 5.41) is 2.55. The number of likely N-dealkylation sites (N-methyl/N-ethyl adjacent to an activating group) is 1. The zero-order valence-electron chi connectivity index (χ0n) is 25.5. The van der Waals surface area contributed by atoms with Crippen LogP contribution in [0.4, 0.5) is 18.9 Å². The van der Waals surface area contributed by atoms with Crippen LogP contribution in [-0.4, -0.2) is 44.3 Å². The Bertz CT molecular complexity index is 1810. The van der Waals surface area contributed by atoms with E-state index in [4.69, 9.17) is 23.2 Å². The SMILES string of the molecule is CCNC(=O)C(Cc1ccccc1)N(Cc1ccc(Cl)cc1)C(=O)CN(c1ccc(Cl)c(C(F)(F)F)c1)S(=O)(=O)c1ccc(C)cc1. The summed E-state index contributed by atoms with van der Waals surface area (Å²) in [5.41, 5.74) is 0.366. The first-order valence-corrected chi connectivity index (χ1v) is 16.7. The third-order valence-electron chi connectivity index (χ3n) is 7.32. The molecule has 2 amide bonds. The molecular formula is C34H32Cl2F3N3O4S. The number of carbonyl (C=O) groups is 2. The number of sulfonamides is 1. The Morgan fingerprint density at radius 3 is 2.11 bits per heavy atom. The van der Waals surface area contributed by atoms with Gasteiger partial charge in [0.05, 0.1) is 21.2 Å². The smallest absolute Gasteiger partial charge is 0.355 e. The first-order chi connectivity index (χ1) is 22.2. The number of nitrogens with one attached hydrogen (secondary N) is 1. The van der Waals surface area contributed by atoms with Gasteiger partial charge in [0.25, 0.3) is 10.0 Å². The molecule has 1 unspecified atom stereocenters. The van der Waals surface area contributed by atoms with E-state index in [-0.39, 0.29) is 24.4 Å². The summed E-state index contributed by atoms with van der Waals surface area (Å²) in [6.07, 6.45) is -4.83. The highest BCUT2D eigenvalue weighted by molar-refractivity contribution is 7.92. The van der Waals surface area contributed by atoms with Gasteiger partial charge in [-0.3, -0.25) is 13.9 Å². The van der Waals surface area contributed by atoms with Gasteiger partial charge in [-0.15, -0.1) is 0 Å². The molecule has 0 bridgehead atoms. The highest BCUT2D eigenvalue weighted by Crippen LogP contribution is 2.38. The maximum absolute atomic E-state index is 14.4. The average molecular weight is 707 g/mol. The van der Waals surface area contributed by atoms with Gasteiger partial charge < -0.3 is 10.2 Å². The lowest BCUT2D eigenvalue weighted by molar-refractivity contribution is -0.140. The number of hydrogen-bond acceptors (Lipinski definition) is 4. The monoisotopic (exact) mass is 705 g/mol. The van der Waals surface area contributed by atoms with Crippen molar-refractivity contribution in [2.45, 2.75) is 43.9 Å². The van der Waals surface area contributed by atoms with Gasteiger partial charge in [0.15, 0.2) is 0 Å². The molecule has 0 radical (unpaired) electrons. The van der Waals surface area contributed by atoms with E-state index in [1.807, 2.05) is 0 Å². The molecule has 47 heavy (non-hydrogen) atoms. The quantitative estimate of drug-likeness (QED) is 0.168. The van der Waals surface area contributed by atoms with E-state index in [9.17, 15) is 31.2 Å². The van der Waals surface area contributed by atoms with Gasteiger partial charge >= 0.3 is 6.18 Å². The maximum Gasteiger partial charge on any atom is 0.417 e. The van der Waals surface area contributed by atoms with Crippen LogP contribution in [0.5, 0.6) is 0 Å². The van der Waals surface area contributed by atoms with Gasteiger partial charge in [-0.25, -0.2) is 8.42 Å². The maximum atomic E-state index is 14.4. The molecule has 0 aliphatic carbocycles. The minimum atomic E-state index is -4.91. The van der Waals surface area contributed by atoms with Crippen LogP contribution in [0.2, 0.25) is 10.0 Å². The van der Waals surface area contributed by atoms with Crippen LogP contribution in [-0.2, 0) is 38.8 Å². The van der Waals surface area contributed by atoms with Gasteiger partial charge in [0, 0.05) is 24.5 Å². The zero-order chi connectivity index (χ0) is 34.4. The molecule has 0 spiro atoms. The molecular weight excluding hydrogens is 674 g/mol. The number of anilines is 1. The van der Waals surface area contributed by atoms with Crippen LogP contribution in [0.25, 0.3) is 0 Å². The fraction of sp³-hybridized carbons (Fsp3) is 0.235. The van der Waals surface area contributed by atoms with E-state index in [1.165, 1.54) is 29.2 Å². The van der Waals surface area contributed by atoms with Crippen molar-refractivity contribution >= 4 is 50.7 Å². The molecule has 0 aliphatic heterocycles. The lowest BCUT2D eigenvalue weighted by Gasteiger charge is -2.34. The number of aryl methyl sites for hydroxylation is 1. The summed E-state index contributed by atoms with van der Waals surface area (Å²) in [7, 11) is -4.61. The molecule has 1 N–H and O–H groups in total. The normalized spacial score (nSPS) is 12.3. The highest BCUT2D eigenvalue weighted by Gasteiger charge is 2.37. The van der Waals surface area contributed by atoms with Crippen LogP contribution in [0.3, 0.4) is 0 Å². The van der Waals surface area contributed by atoms with E-state index < -0.39 is 56.9 Å². The fourth-order valence-electron chi connectivity index (χ4n) is 4.88. The van der Waals surface area contributed by atoms with E-state index in [0.29, 0.717) is 21.0 Å². The second-order valence-corrected chi connectivity index (χ2v) is 13.4. The third kappa shape index (κ3) is 9.06. The van der Waals surface area contributed by atoms with Crippen molar-refractivity contribution in [2.75, 3.05) is 17.4 Å². The number of carbonyl (C=O) groups excluding carboxylic acids is 2. The Morgan fingerprint density at radius 2 is 1.51 bits per heavy atom. The van der Waals surface area contributed by atoms with Gasteiger partial charge in [-0.2, -0.15) is 13.2 Å². The van der Waals surface area contributed by atoms with Crippen molar-refractivity contribution in [1.29, 1.82) is 0 Å². The topological polar surface area (TPSA) is 86.8 Å². The molecule has 248 valence electrons. The van der Waals surface area contributed by atoms with Crippen LogP contribution in [0.1, 0.15) is 29.2 Å². The number of rotatable bonds is 12. The molecule has 7 nitrogen and oxygen atoms in total. The summed E-state index contributed by atoms with van der Waals surface area (Å²) in [5.74, 6) is -1.32. The van der Waals surface area contributed by atoms with Crippen molar-refractivity contribution in [2.24, 2.45) is 0 Å². The minimum absolute atomic E-state index is 0.0792. The average Bonchev–Trinajstić information content (AvgIpc) is 3.03. The molecule has 0 aromatic heterocycles. The van der Waals surface area contributed by atoms with Gasteiger partial charge in [0.2, 0.25) is 11.8 Å². The van der Waals surface area contributed by atoms with E-state index >= 15 is 0 Å². The Kier molecular flexibility index (Phi) is 11.6. The highest BCUT2D eigenvalue weighted by atomic mass is 35.5. The first-order valence-electron chi connectivity index (χ1n) is 14.5. The third-order valence-corrected chi connectivity index (χ3v) is 9.69. The summed E-state index contributed by atoms with van der Waals surface area (Å²) >= 11 is 11.9. The Morgan fingerprint density at radius 1 is 0.872 bits per heavy atom. The van der Waals surface area contributed by atoms with Crippen molar-refractivity contribution in [3.63, 3.8) is 0 Å². The lowest BCUT2D eigenvalue weighted by Crippen LogP contribution is -2.53. The van der Waals surface area contributed by atoms with Crippen LogP contribution in [0.15, 0.2) is 102 Å². The van der Waals surface area contributed by atoms with Crippen LogP contribution in [0, 0.1) is 6.92 Å². The van der Waals surface area contributed by atoms with Gasteiger partial charge in [-0.1, -0.05) is 83.4 Å². The summed E-state index contributed by atoms with van der Waals surface area (Å²) in [6, 6.07) is 22.7. The molecule has 13 heteroatoms. The Hall–Kier alpha value is -4.06. The zero-order valence-corrected chi connectivity index (χ0v) is 27.8.